The SMILES string of the molecule is CC(C)(C)OC(=O)NNC1CCN(c2ccccn2)CC1. The van der Waals surface area contributed by atoms with Gasteiger partial charge in [-0.3, -0.25) is 5.43 Å². The van der Waals surface area contributed by atoms with Crippen LogP contribution >= 0.6 is 0 Å². The van der Waals surface area contributed by atoms with E-state index in [9.17, 15) is 4.79 Å². The van der Waals surface area contributed by atoms with Crippen LogP contribution in [0.15, 0.2) is 24.4 Å². The molecule has 6 nitrogen and oxygen atoms in total. The Balaban J connectivity index is 1.71. The molecule has 116 valence electrons. The van der Waals surface area contributed by atoms with Crippen LogP contribution in [-0.4, -0.2) is 35.8 Å². The van der Waals surface area contributed by atoms with Crippen LogP contribution in [0, 0.1) is 0 Å². The van der Waals surface area contributed by atoms with Crippen molar-refractivity contribution in [1.82, 2.24) is 15.8 Å². The summed E-state index contributed by atoms with van der Waals surface area (Å²) in [5, 5.41) is 0. The van der Waals surface area contributed by atoms with Crippen molar-refractivity contribution in [2.24, 2.45) is 0 Å². The number of ether oxygens (including phenoxy) is 1. The highest BCUT2D eigenvalue weighted by molar-refractivity contribution is 5.67. The second-order valence-corrected chi connectivity index (χ2v) is 6.22. The second kappa shape index (κ2) is 6.76. The Bertz CT molecular complexity index is 450. The Morgan fingerprint density at radius 2 is 2.05 bits per heavy atom. The minimum atomic E-state index is -0.478. The van der Waals surface area contributed by atoms with E-state index in [0.29, 0.717) is 0 Å². The van der Waals surface area contributed by atoms with Crippen molar-refractivity contribution in [1.29, 1.82) is 0 Å². The highest BCUT2D eigenvalue weighted by Crippen LogP contribution is 2.16. The summed E-state index contributed by atoms with van der Waals surface area (Å²) in [6.45, 7) is 7.38. The van der Waals surface area contributed by atoms with Gasteiger partial charge in [0.15, 0.2) is 0 Å². The zero-order valence-electron chi connectivity index (χ0n) is 12.9. The van der Waals surface area contributed by atoms with Crippen LogP contribution in [0.3, 0.4) is 0 Å². The predicted octanol–water partition coefficient (Wildman–Crippen LogP) is 2.08. The molecule has 2 rings (SSSR count). The highest BCUT2D eigenvalue weighted by atomic mass is 16.6. The van der Waals surface area contributed by atoms with Gasteiger partial charge in [-0.15, -0.1) is 0 Å². The Labute approximate surface area is 125 Å². The fourth-order valence-corrected chi connectivity index (χ4v) is 2.26. The van der Waals surface area contributed by atoms with Gasteiger partial charge in [0, 0.05) is 25.3 Å². The molecule has 2 heterocycles. The van der Waals surface area contributed by atoms with Crippen LogP contribution in [0.5, 0.6) is 0 Å². The normalized spacial score (nSPS) is 16.6. The fourth-order valence-electron chi connectivity index (χ4n) is 2.26. The second-order valence-electron chi connectivity index (χ2n) is 6.22. The number of amides is 1. The molecule has 6 heteroatoms. The lowest BCUT2D eigenvalue weighted by Crippen LogP contribution is -2.50. The van der Waals surface area contributed by atoms with Gasteiger partial charge in [0.25, 0.3) is 0 Å². The monoisotopic (exact) mass is 292 g/mol. The molecule has 2 N–H and O–H groups in total. The van der Waals surface area contributed by atoms with Crippen molar-refractivity contribution < 1.29 is 9.53 Å². The van der Waals surface area contributed by atoms with E-state index in [0.717, 1.165) is 31.7 Å². The van der Waals surface area contributed by atoms with E-state index in [2.05, 4.69) is 20.7 Å². The molecular weight excluding hydrogens is 268 g/mol. The first-order valence-corrected chi connectivity index (χ1v) is 7.34. The lowest BCUT2D eigenvalue weighted by molar-refractivity contribution is 0.0484. The van der Waals surface area contributed by atoms with Crippen LogP contribution in [0.25, 0.3) is 0 Å². The zero-order valence-corrected chi connectivity index (χ0v) is 12.9. The van der Waals surface area contributed by atoms with Gasteiger partial charge in [-0.2, -0.15) is 0 Å². The topological polar surface area (TPSA) is 66.5 Å². The number of nitrogens with one attached hydrogen (secondary N) is 2. The number of piperidine rings is 1. The molecule has 1 aliphatic heterocycles. The zero-order chi connectivity index (χ0) is 15.3. The molecule has 1 fully saturated rings. The van der Waals surface area contributed by atoms with Crippen molar-refractivity contribution in [3.8, 4) is 0 Å². The van der Waals surface area contributed by atoms with E-state index < -0.39 is 11.7 Å². The van der Waals surface area contributed by atoms with Gasteiger partial charge in [-0.05, 0) is 45.7 Å². The molecule has 0 atom stereocenters. The Kier molecular flexibility index (Phi) is 5.01. The fraction of sp³-hybridized carbons (Fsp3) is 0.600. The number of carbonyl (C=O) groups is 1. The van der Waals surface area contributed by atoms with Crippen LogP contribution in [0.4, 0.5) is 10.6 Å². The highest BCUT2D eigenvalue weighted by Gasteiger charge is 2.21. The van der Waals surface area contributed by atoms with Crippen LogP contribution < -0.4 is 15.8 Å². The Morgan fingerprint density at radius 3 is 2.62 bits per heavy atom. The maximum absolute atomic E-state index is 11.6. The largest absolute Gasteiger partial charge is 0.443 e. The average Bonchev–Trinajstić information content (AvgIpc) is 2.45. The maximum Gasteiger partial charge on any atom is 0.422 e. The smallest absolute Gasteiger partial charge is 0.422 e. The number of nitrogens with zero attached hydrogens (tertiary/aromatic N) is 2. The van der Waals surface area contributed by atoms with Crippen molar-refractivity contribution in [2.45, 2.75) is 45.3 Å². The average molecular weight is 292 g/mol. The summed E-state index contributed by atoms with van der Waals surface area (Å²) in [5.41, 5.74) is 5.18. The summed E-state index contributed by atoms with van der Waals surface area (Å²) in [4.78, 5) is 18.2. The molecule has 0 unspecified atom stereocenters. The summed E-state index contributed by atoms with van der Waals surface area (Å²) in [6.07, 6.45) is 3.28. The van der Waals surface area contributed by atoms with E-state index in [-0.39, 0.29) is 6.04 Å². The molecule has 0 radical (unpaired) electrons. The Hall–Kier alpha value is -1.82. The lowest BCUT2D eigenvalue weighted by atomic mass is 10.1. The number of aromatic nitrogens is 1. The first kappa shape index (κ1) is 15.6. The molecule has 1 aliphatic rings. The van der Waals surface area contributed by atoms with E-state index in [4.69, 9.17) is 4.74 Å². The van der Waals surface area contributed by atoms with E-state index >= 15 is 0 Å². The molecule has 1 amide bonds. The van der Waals surface area contributed by atoms with Gasteiger partial charge >= 0.3 is 6.09 Å². The summed E-state index contributed by atoms with van der Waals surface area (Å²) >= 11 is 0. The first-order chi connectivity index (χ1) is 9.94. The van der Waals surface area contributed by atoms with Crippen LogP contribution in [0.2, 0.25) is 0 Å². The maximum atomic E-state index is 11.6. The Morgan fingerprint density at radius 1 is 1.33 bits per heavy atom. The van der Waals surface area contributed by atoms with Gasteiger partial charge in [0.1, 0.15) is 11.4 Å². The van der Waals surface area contributed by atoms with Crippen molar-refractivity contribution >= 4 is 11.9 Å². The minimum absolute atomic E-state index is 0.262. The van der Waals surface area contributed by atoms with Gasteiger partial charge in [-0.25, -0.2) is 15.2 Å². The first-order valence-electron chi connectivity index (χ1n) is 7.34. The van der Waals surface area contributed by atoms with E-state index in [1.54, 1.807) is 0 Å². The summed E-state index contributed by atoms with van der Waals surface area (Å²) in [7, 11) is 0. The quantitative estimate of drug-likeness (QED) is 0.835. The molecule has 0 bridgehead atoms. The summed E-state index contributed by atoms with van der Waals surface area (Å²) in [5.74, 6) is 1.01. The standard InChI is InChI=1S/C15H24N4O2/c1-15(2,3)21-14(20)18-17-12-7-10-19(11-8-12)13-6-4-5-9-16-13/h4-6,9,12,17H,7-8,10-11H2,1-3H3,(H,18,20). The number of hydrazine groups is 1. The third-order valence-corrected chi connectivity index (χ3v) is 3.25. The molecule has 0 aromatic carbocycles. The van der Waals surface area contributed by atoms with Crippen molar-refractivity contribution in [3.05, 3.63) is 24.4 Å². The van der Waals surface area contributed by atoms with Gasteiger partial charge in [0.2, 0.25) is 0 Å². The molecule has 0 spiro atoms. The van der Waals surface area contributed by atoms with Gasteiger partial charge in [0.05, 0.1) is 0 Å². The molecule has 21 heavy (non-hydrogen) atoms. The van der Waals surface area contributed by atoms with Gasteiger partial charge in [-0.1, -0.05) is 6.07 Å². The predicted molar refractivity (Wildman–Crippen MR) is 82.0 cm³/mol. The molecule has 1 saturated heterocycles. The number of hydrogen-bond acceptors (Lipinski definition) is 5. The summed E-state index contributed by atoms with van der Waals surface area (Å²) < 4.78 is 5.19. The van der Waals surface area contributed by atoms with Crippen LogP contribution in [0.1, 0.15) is 33.6 Å². The third kappa shape index (κ3) is 5.23. The van der Waals surface area contributed by atoms with Crippen LogP contribution in [-0.2, 0) is 4.74 Å². The van der Waals surface area contributed by atoms with E-state index in [1.165, 1.54) is 0 Å². The molecule has 0 saturated carbocycles. The van der Waals surface area contributed by atoms with E-state index in [1.807, 2.05) is 45.2 Å². The minimum Gasteiger partial charge on any atom is -0.443 e. The number of hydrogen-bond donors (Lipinski definition) is 2. The van der Waals surface area contributed by atoms with Crippen molar-refractivity contribution in [3.63, 3.8) is 0 Å². The number of rotatable bonds is 3. The number of pyridine rings is 1. The van der Waals surface area contributed by atoms with Gasteiger partial charge < -0.3 is 9.64 Å². The third-order valence-electron chi connectivity index (χ3n) is 3.25. The molecule has 1 aromatic heterocycles. The molecule has 0 aliphatic carbocycles. The lowest BCUT2D eigenvalue weighted by Gasteiger charge is -2.33. The molecule has 1 aromatic rings. The summed E-state index contributed by atoms with van der Waals surface area (Å²) in [6, 6.07) is 6.20. The number of carbonyl (C=O) groups excluding carboxylic acids is 1. The number of anilines is 1. The van der Waals surface area contributed by atoms with Crippen molar-refractivity contribution in [2.75, 3.05) is 18.0 Å². The molecular formula is C15H24N4O2.